The van der Waals surface area contributed by atoms with Crippen molar-refractivity contribution >= 4 is 11.9 Å². The average Bonchev–Trinajstić information content (AvgIpc) is 2.67. The van der Waals surface area contributed by atoms with Crippen LogP contribution in [0.5, 0.6) is 0 Å². The summed E-state index contributed by atoms with van der Waals surface area (Å²) >= 11 is 0. The second kappa shape index (κ2) is 6.00. The minimum atomic E-state index is -0.463. The lowest BCUT2D eigenvalue weighted by Crippen LogP contribution is -2.30. The van der Waals surface area contributed by atoms with Gasteiger partial charge in [-0.25, -0.2) is 0 Å². The van der Waals surface area contributed by atoms with Gasteiger partial charge in [0.15, 0.2) is 0 Å². The van der Waals surface area contributed by atoms with E-state index in [0.29, 0.717) is 25.9 Å². The van der Waals surface area contributed by atoms with Crippen LogP contribution in [-0.2, 0) is 14.3 Å². The van der Waals surface area contributed by atoms with Gasteiger partial charge in [0.2, 0.25) is 5.91 Å². The summed E-state index contributed by atoms with van der Waals surface area (Å²) in [6.07, 6.45) is 0.334. The van der Waals surface area contributed by atoms with E-state index in [9.17, 15) is 9.59 Å². The van der Waals surface area contributed by atoms with E-state index in [2.05, 4.69) is 0 Å². The summed E-state index contributed by atoms with van der Waals surface area (Å²) < 4.78 is 4.71. The third-order valence-electron chi connectivity index (χ3n) is 3.24. The number of ether oxygens (including phenoxy) is 1. The maximum Gasteiger partial charge on any atom is 0.310 e. The molecule has 1 rings (SSSR count). The van der Waals surface area contributed by atoms with Crippen molar-refractivity contribution in [3.8, 4) is 0 Å². The summed E-state index contributed by atoms with van der Waals surface area (Å²) in [6, 6.07) is 0. The van der Waals surface area contributed by atoms with E-state index in [1.54, 1.807) is 11.8 Å². The Hall–Kier alpha value is -1.10. The maximum atomic E-state index is 11.8. The van der Waals surface area contributed by atoms with E-state index >= 15 is 0 Å². The van der Waals surface area contributed by atoms with Crippen LogP contribution in [0.4, 0.5) is 0 Å². The van der Waals surface area contributed by atoms with Crippen molar-refractivity contribution in [1.82, 2.24) is 4.90 Å². The Kier molecular flexibility index (Phi) is 4.93. The lowest BCUT2D eigenvalue weighted by Gasteiger charge is -2.16. The van der Waals surface area contributed by atoms with E-state index in [1.807, 2.05) is 6.92 Å². The van der Waals surface area contributed by atoms with Gasteiger partial charge < -0.3 is 14.7 Å². The van der Waals surface area contributed by atoms with Crippen molar-refractivity contribution in [2.24, 2.45) is 11.8 Å². The SMILES string of the molecule is COC(=O)C1CN(C(=O)CCC(C)O)CC1C. The van der Waals surface area contributed by atoms with Crippen LogP contribution in [0.3, 0.4) is 0 Å². The highest BCUT2D eigenvalue weighted by Crippen LogP contribution is 2.24. The predicted octanol–water partition coefficient (Wildman–Crippen LogP) is 0.415. The number of aliphatic hydroxyl groups is 1. The van der Waals surface area contributed by atoms with Crippen molar-refractivity contribution in [2.45, 2.75) is 32.8 Å². The molecule has 1 fully saturated rings. The van der Waals surface area contributed by atoms with Gasteiger partial charge in [-0.3, -0.25) is 9.59 Å². The van der Waals surface area contributed by atoms with Crippen LogP contribution in [0.2, 0.25) is 0 Å². The number of hydrogen-bond donors (Lipinski definition) is 1. The summed E-state index contributed by atoms with van der Waals surface area (Å²) in [4.78, 5) is 25.0. The molecule has 1 aliphatic heterocycles. The third-order valence-corrected chi connectivity index (χ3v) is 3.24. The Labute approximate surface area is 102 Å². The summed E-state index contributed by atoms with van der Waals surface area (Å²) in [7, 11) is 1.37. The topological polar surface area (TPSA) is 66.8 Å². The van der Waals surface area contributed by atoms with Crippen molar-refractivity contribution in [3.05, 3.63) is 0 Å². The normalized spacial score (nSPS) is 25.8. The lowest BCUT2D eigenvalue weighted by atomic mass is 9.99. The van der Waals surface area contributed by atoms with Crippen LogP contribution >= 0.6 is 0 Å². The molecule has 0 aromatic carbocycles. The minimum Gasteiger partial charge on any atom is -0.469 e. The van der Waals surface area contributed by atoms with Crippen LogP contribution in [0.15, 0.2) is 0 Å². The average molecular weight is 243 g/mol. The summed E-state index contributed by atoms with van der Waals surface area (Å²) in [5.41, 5.74) is 0. The number of nitrogens with zero attached hydrogens (tertiary/aromatic N) is 1. The highest BCUT2D eigenvalue weighted by Gasteiger charge is 2.37. The maximum absolute atomic E-state index is 11.8. The van der Waals surface area contributed by atoms with Gasteiger partial charge in [0.05, 0.1) is 19.1 Å². The van der Waals surface area contributed by atoms with Crippen LogP contribution in [-0.4, -0.2) is 48.2 Å². The first-order valence-corrected chi connectivity index (χ1v) is 5.99. The van der Waals surface area contributed by atoms with E-state index in [0.717, 1.165) is 0 Å². The number of esters is 1. The van der Waals surface area contributed by atoms with E-state index < -0.39 is 6.10 Å². The molecular weight excluding hydrogens is 222 g/mol. The van der Waals surface area contributed by atoms with Crippen LogP contribution in [0.1, 0.15) is 26.7 Å². The van der Waals surface area contributed by atoms with E-state index in [-0.39, 0.29) is 23.7 Å². The Balaban J connectivity index is 2.48. The number of aliphatic hydroxyl groups excluding tert-OH is 1. The first-order chi connectivity index (χ1) is 7.95. The van der Waals surface area contributed by atoms with Gasteiger partial charge in [-0.2, -0.15) is 0 Å². The largest absolute Gasteiger partial charge is 0.469 e. The molecule has 1 heterocycles. The molecule has 1 amide bonds. The molecule has 0 aromatic rings. The number of rotatable bonds is 4. The van der Waals surface area contributed by atoms with Gasteiger partial charge >= 0.3 is 5.97 Å². The van der Waals surface area contributed by atoms with Gasteiger partial charge in [0, 0.05) is 19.5 Å². The molecular formula is C12H21NO4. The molecule has 0 saturated carbocycles. The zero-order valence-electron chi connectivity index (χ0n) is 10.7. The molecule has 1 aliphatic rings. The quantitative estimate of drug-likeness (QED) is 0.726. The van der Waals surface area contributed by atoms with Crippen molar-refractivity contribution in [3.63, 3.8) is 0 Å². The molecule has 0 radical (unpaired) electrons. The van der Waals surface area contributed by atoms with Gasteiger partial charge in [0.1, 0.15) is 0 Å². The summed E-state index contributed by atoms with van der Waals surface area (Å²) in [6.45, 7) is 4.64. The molecule has 3 atom stereocenters. The molecule has 0 bridgehead atoms. The number of carbonyl (C=O) groups is 2. The second-order valence-electron chi connectivity index (χ2n) is 4.79. The van der Waals surface area contributed by atoms with Crippen LogP contribution in [0, 0.1) is 11.8 Å². The molecule has 3 unspecified atom stereocenters. The van der Waals surface area contributed by atoms with Gasteiger partial charge in [-0.05, 0) is 19.3 Å². The molecule has 5 nitrogen and oxygen atoms in total. The number of hydrogen-bond acceptors (Lipinski definition) is 4. The first-order valence-electron chi connectivity index (χ1n) is 5.99. The molecule has 0 aliphatic carbocycles. The number of carbonyl (C=O) groups excluding carboxylic acids is 2. The number of methoxy groups -OCH3 is 1. The zero-order chi connectivity index (χ0) is 13.0. The fourth-order valence-electron chi connectivity index (χ4n) is 2.12. The highest BCUT2D eigenvalue weighted by molar-refractivity contribution is 5.79. The molecule has 0 spiro atoms. The van der Waals surface area contributed by atoms with E-state index in [4.69, 9.17) is 9.84 Å². The zero-order valence-corrected chi connectivity index (χ0v) is 10.7. The minimum absolute atomic E-state index is 0.00385. The highest BCUT2D eigenvalue weighted by atomic mass is 16.5. The Morgan fingerprint density at radius 2 is 2.12 bits per heavy atom. The Morgan fingerprint density at radius 3 is 2.65 bits per heavy atom. The summed E-state index contributed by atoms with van der Waals surface area (Å²) in [5, 5.41) is 9.13. The Morgan fingerprint density at radius 1 is 1.47 bits per heavy atom. The van der Waals surface area contributed by atoms with Crippen LogP contribution < -0.4 is 0 Å². The number of amides is 1. The molecule has 0 aromatic heterocycles. The third kappa shape index (κ3) is 3.70. The lowest BCUT2D eigenvalue weighted by molar-refractivity contribution is -0.146. The summed E-state index contributed by atoms with van der Waals surface area (Å²) in [5.74, 6) is -0.319. The fourth-order valence-corrected chi connectivity index (χ4v) is 2.12. The molecule has 1 N–H and O–H groups in total. The first kappa shape index (κ1) is 14.0. The molecule has 98 valence electrons. The van der Waals surface area contributed by atoms with Crippen molar-refractivity contribution in [2.75, 3.05) is 20.2 Å². The monoisotopic (exact) mass is 243 g/mol. The van der Waals surface area contributed by atoms with E-state index in [1.165, 1.54) is 7.11 Å². The Bertz CT molecular complexity index is 290. The van der Waals surface area contributed by atoms with Gasteiger partial charge in [0.25, 0.3) is 0 Å². The smallest absolute Gasteiger partial charge is 0.310 e. The standard InChI is InChI=1S/C12H21NO4/c1-8-6-13(7-10(8)12(16)17-3)11(15)5-4-9(2)14/h8-10,14H,4-7H2,1-3H3. The van der Waals surface area contributed by atoms with Gasteiger partial charge in [-0.1, -0.05) is 6.92 Å². The molecule has 1 saturated heterocycles. The van der Waals surface area contributed by atoms with Crippen molar-refractivity contribution in [1.29, 1.82) is 0 Å². The van der Waals surface area contributed by atoms with Gasteiger partial charge in [-0.15, -0.1) is 0 Å². The van der Waals surface area contributed by atoms with Crippen LogP contribution in [0.25, 0.3) is 0 Å². The van der Waals surface area contributed by atoms with Crippen molar-refractivity contribution < 1.29 is 19.4 Å². The fraction of sp³-hybridized carbons (Fsp3) is 0.833. The molecule has 17 heavy (non-hydrogen) atoms. The predicted molar refractivity (Wildman–Crippen MR) is 62.2 cm³/mol. The second-order valence-corrected chi connectivity index (χ2v) is 4.79. The molecule has 5 heteroatoms. The number of likely N-dealkylation sites (tertiary alicyclic amines) is 1.